The number of hydrogen-bond donors (Lipinski definition) is 1. The molecule has 3 aromatic heterocycles. The van der Waals surface area contributed by atoms with Crippen LogP contribution in [0.15, 0.2) is 49.2 Å². The minimum absolute atomic E-state index is 0.535. The first-order chi connectivity index (χ1) is 13.2. The van der Waals surface area contributed by atoms with Crippen LogP contribution in [0.5, 0.6) is 0 Å². The Morgan fingerprint density at radius 2 is 1.96 bits per heavy atom. The van der Waals surface area contributed by atoms with Crippen LogP contribution in [0.3, 0.4) is 0 Å². The van der Waals surface area contributed by atoms with Gasteiger partial charge in [-0.05, 0) is 30.2 Å². The van der Waals surface area contributed by atoms with Gasteiger partial charge in [0.15, 0.2) is 0 Å². The van der Waals surface area contributed by atoms with Gasteiger partial charge in [-0.25, -0.2) is 9.50 Å². The van der Waals surface area contributed by atoms with E-state index in [1.54, 1.807) is 13.4 Å². The van der Waals surface area contributed by atoms with Crippen LogP contribution in [0.1, 0.15) is 11.1 Å². The van der Waals surface area contributed by atoms with E-state index in [0.717, 1.165) is 45.6 Å². The molecule has 0 aliphatic heterocycles. The maximum Gasteiger partial charge on any atom is 0.137 e. The van der Waals surface area contributed by atoms with Gasteiger partial charge in [0.05, 0.1) is 30.6 Å². The molecule has 0 bridgehead atoms. The zero-order valence-electron chi connectivity index (χ0n) is 15.5. The van der Waals surface area contributed by atoms with Crippen LogP contribution < -0.4 is 5.73 Å². The highest BCUT2D eigenvalue weighted by Gasteiger charge is 2.12. The summed E-state index contributed by atoms with van der Waals surface area (Å²) in [6.45, 7) is 3.96. The van der Waals surface area contributed by atoms with Crippen molar-refractivity contribution in [2.75, 3.05) is 13.7 Å². The van der Waals surface area contributed by atoms with E-state index in [0.29, 0.717) is 13.2 Å². The Morgan fingerprint density at radius 1 is 1.07 bits per heavy atom. The van der Waals surface area contributed by atoms with E-state index in [1.165, 1.54) is 0 Å². The van der Waals surface area contributed by atoms with Crippen molar-refractivity contribution in [2.45, 2.75) is 20.0 Å². The molecule has 138 valence electrons. The molecule has 0 fully saturated rings. The molecular formula is C20H22N6O. The molecule has 4 rings (SSSR count). The number of aryl methyl sites for hydroxylation is 1. The zero-order valence-corrected chi connectivity index (χ0v) is 15.5. The molecule has 0 aliphatic rings. The van der Waals surface area contributed by atoms with Gasteiger partial charge in [0.25, 0.3) is 0 Å². The lowest BCUT2D eigenvalue weighted by molar-refractivity contribution is 0.183. The topological polar surface area (TPSA) is 83.3 Å². The van der Waals surface area contributed by atoms with Gasteiger partial charge in [0.1, 0.15) is 6.33 Å². The highest BCUT2D eigenvalue weighted by Crippen LogP contribution is 2.28. The first-order valence-corrected chi connectivity index (χ1v) is 8.84. The summed E-state index contributed by atoms with van der Waals surface area (Å²) in [5, 5.41) is 8.76. The van der Waals surface area contributed by atoms with E-state index in [9.17, 15) is 0 Å². The van der Waals surface area contributed by atoms with Gasteiger partial charge in [-0.3, -0.25) is 4.68 Å². The summed E-state index contributed by atoms with van der Waals surface area (Å²) >= 11 is 0. The number of methoxy groups -OCH3 is 1. The van der Waals surface area contributed by atoms with Crippen molar-refractivity contribution in [3.05, 3.63) is 60.3 Å². The number of fused-ring (bicyclic) bond motifs is 1. The van der Waals surface area contributed by atoms with Crippen molar-refractivity contribution in [3.8, 4) is 22.4 Å². The highest BCUT2D eigenvalue weighted by atomic mass is 16.5. The maximum absolute atomic E-state index is 5.78. The van der Waals surface area contributed by atoms with Gasteiger partial charge < -0.3 is 10.5 Å². The fraction of sp³-hybridized carbons (Fsp3) is 0.250. The molecule has 7 heteroatoms. The highest BCUT2D eigenvalue weighted by molar-refractivity contribution is 5.81. The van der Waals surface area contributed by atoms with Gasteiger partial charge in [0.2, 0.25) is 0 Å². The number of ether oxygens (including phenoxy) is 1. The predicted molar refractivity (Wildman–Crippen MR) is 104 cm³/mol. The summed E-state index contributed by atoms with van der Waals surface area (Å²) in [4.78, 5) is 4.53. The summed E-state index contributed by atoms with van der Waals surface area (Å²) in [5.74, 6) is 0. The van der Waals surface area contributed by atoms with Crippen LogP contribution in [0.4, 0.5) is 0 Å². The lowest BCUT2D eigenvalue weighted by Crippen LogP contribution is -2.03. The average Bonchev–Trinajstić information content (AvgIpc) is 3.32. The van der Waals surface area contributed by atoms with Crippen molar-refractivity contribution in [1.29, 1.82) is 0 Å². The Bertz CT molecular complexity index is 1080. The van der Waals surface area contributed by atoms with Crippen LogP contribution in [0, 0.1) is 6.92 Å². The molecular weight excluding hydrogens is 340 g/mol. The minimum Gasteiger partial charge on any atom is -0.383 e. The summed E-state index contributed by atoms with van der Waals surface area (Å²) in [5.41, 5.74) is 13.1. The fourth-order valence-electron chi connectivity index (χ4n) is 3.20. The molecule has 0 radical (unpaired) electrons. The first-order valence-electron chi connectivity index (χ1n) is 8.84. The largest absolute Gasteiger partial charge is 0.383 e. The molecule has 0 atom stereocenters. The minimum atomic E-state index is 0.535. The van der Waals surface area contributed by atoms with Crippen LogP contribution in [0.2, 0.25) is 0 Å². The predicted octanol–water partition coefficient (Wildman–Crippen LogP) is 2.67. The van der Waals surface area contributed by atoms with Crippen LogP contribution in [-0.4, -0.2) is 38.1 Å². The van der Waals surface area contributed by atoms with E-state index >= 15 is 0 Å². The monoisotopic (exact) mass is 362 g/mol. The SMILES string of the molecule is COCCn1cc(-c2cc3c(-c4ccc(CN)c(C)c4)ncnn3c2)cn1. The molecule has 2 N–H and O–H groups in total. The third-order valence-corrected chi connectivity index (χ3v) is 4.73. The Balaban J connectivity index is 1.74. The maximum atomic E-state index is 5.78. The molecule has 0 aliphatic carbocycles. The molecule has 3 heterocycles. The normalized spacial score (nSPS) is 11.4. The van der Waals surface area contributed by atoms with Gasteiger partial charge >= 0.3 is 0 Å². The Kier molecular flexibility index (Phi) is 4.70. The molecule has 4 aromatic rings. The first kappa shape index (κ1) is 17.4. The molecule has 27 heavy (non-hydrogen) atoms. The van der Waals surface area contributed by atoms with Crippen molar-refractivity contribution < 1.29 is 4.74 Å². The van der Waals surface area contributed by atoms with Gasteiger partial charge in [-0.2, -0.15) is 10.2 Å². The second kappa shape index (κ2) is 7.30. The van der Waals surface area contributed by atoms with Crippen molar-refractivity contribution in [2.24, 2.45) is 5.73 Å². The number of nitrogens with zero attached hydrogens (tertiary/aromatic N) is 5. The third-order valence-electron chi connectivity index (χ3n) is 4.73. The van der Waals surface area contributed by atoms with E-state index < -0.39 is 0 Å². The van der Waals surface area contributed by atoms with Gasteiger partial charge in [0, 0.05) is 42.7 Å². The lowest BCUT2D eigenvalue weighted by atomic mass is 10.0. The second-order valence-corrected chi connectivity index (χ2v) is 6.50. The molecule has 0 amide bonds. The fourth-order valence-corrected chi connectivity index (χ4v) is 3.20. The van der Waals surface area contributed by atoms with Gasteiger partial charge in [-0.15, -0.1) is 0 Å². The number of aromatic nitrogens is 5. The Morgan fingerprint density at radius 3 is 2.74 bits per heavy atom. The standard InChI is InChI=1S/C20H22N6O/c1-14-7-15(3-4-16(14)9-21)20-19-8-17(12-26(19)24-13-22-20)18-10-23-25(11-18)5-6-27-2/h3-4,7-8,10-13H,5-6,9,21H2,1-2H3. The van der Waals surface area contributed by atoms with Crippen molar-refractivity contribution in [3.63, 3.8) is 0 Å². The number of rotatable bonds is 6. The smallest absolute Gasteiger partial charge is 0.137 e. The van der Waals surface area contributed by atoms with Crippen LogP contribution in [0.25, 0.3) is 27.9 Å². The van der Waals surface area contributed by atoms with Crippen molar-refractivity contribution >= 4 is 5.52 Å². The number of nitrogens with two attached hydrogens (primary N) is 1. The Labute approximate surface area is 157 Å². The molecule has 0 spiro atoms. The van der Waals surface area contributed by atoms with E-state index in [4.69, 9.17) is 10.5 Å². The zero-order chi connectivity index (χ0) is 18.8. The quantitative estimate of drug-likeness (QED) is 0.570. The molecule has 0 saturated heterocycles. The third kappa shape index (κ3) is 3.34. The molecule has 0 saturated carbocycles. The Hall–Kier alpha value is -3.03. The molecule has 0 unspecified atom stereocenters. The molecule has 1 aromatic carbocycles. The van der Waals surface area contributed by atoms with Crippen LogP contribution >= 0.6 is 0 Å². The van der Waals surface area contributed by atoms with E-state index in [1.807, 2.05) is 27.8 Å². The number of benzene rings is 1. The van der Waals surface area contributed by atoms with E-state index in [2.05, 4.69) is 46.4 Å². The summed E-state index contributed by atoms with van der Waals surface area (Å²) in [7, 11) is 1.69. The average molecular weight is 362 g/mol. The summed E-state index contributed by atoms with van der Waals surface area (Å²) in [6.07, 6.45) is 7.46. The van der Waals surface area contributed by atoms with Crippen molar-refractivity contribution in [1.82, 2.24) is 24.4 Å². The van der Waals surface area contributed by atoms with E-state index in [-0.39, 0.29) is 0 Å². The molecule has 7 nitrogen and oxygen atoms in total. The number of hydrogen-bond acceptors (Lipinski definition) is 5. The lowest BCUT2D eigenvalue weighted by Gasteiger charge is -2.07. The van der Waals surface area contributed by atoms with Gasteiger partial charge in [-0.1, -0.05) is 12.1 Å². The second-order valence-electron chi connectivity index (χ2n) is 6.50. The summed E-state index contributed by atoms with van der Waals surface area (Å²) in [6, 6.07) is 8.35. The summed E-state index contributed by atoms with van der Waals surface area (Å²) < 4.78 is 8.84. The van der Waals surface area contributed by atoms with Crippen LogP contribution in [-0.2, 0) is 17.8 Å².